The van der Waals surface area contributed by atoms with Crippen molar-refractivity contribution in [3.05, 3.63) is 0 Å². The van der Waals surface area contributed by atoms with Crippen LogP contribution in [0.4, 0.5) is 0 Å². The Morgan fingerprint density at radius 2 is 1.59 bits per heavy atom. The maximum absolute atomic E-state index is 2.68. The monoisotopic (exact) mass is 232 g/mol. The lowest BCUT2D eigenvalue weighted by Gasteiger charge is -2.54. The van der Waals surface area contributed by atoms with Crippen LogP contribution in [0.5, 0.6) is 0 Å². The minimum absolute atomic E-state index is 0.713. The smallest absolute Gasteiger partial charge is 0.0209 e. The molecule has 0 aliphatic heterocycles. The second kappa shape index (κ2) is 2.94. The van der Waals surface area contributed by atoms with Gasteiger partial charge in [-0.3, -0.25) is 0 Å². The Morgan fingerprint density at radius 3 is 2.29 bits per heavy atom. The van der Waals surface area contributed by atoms with E-state index >= 15 is 0 Å². The fourth-order valence-corrected chi connectivity index (χ4v) is 5.96. The zero-order chi connectivity index (χ0) is 11.9. The highest BCUT2D eigenvalue weighted by molar-refractivity contribution is 5.19. The molecule has 4 aliphatic carbocycles. The third kappa shape index (κ3) is 1.21. The average Bonchev–Trinajstić information content (AvgIpc) is 3.18. The molecular weight excluding hydrogens is 204 g/mol. The van der Waals surface area contributed by atoms with Crippen molar-refractivity contribution in [2.24, 2.45) is 34.0 Å². The lowest BCUT2D eigenvalue weighted by Crippen LogP contribution is -2.46. The van der Waals surface area contributed by atoms with Crippen molar-refractivity contribution in [2.75, 3.05) is 0 Å². The molecule has 0 aromatic heterocycles. The molecule has 4 aliphatic rings. The van der Waals surface area contributed by atoms with Crippen LogP contribution < -0.4 is 0 Å². The van der Waals surface area contributed by atoms with Gasteiger partial charge in [0, 0.05) is 0 Å². The van der Waals surface area contributed by atoms with Crippen molar-refractivity contribution < 1.29 is 0 Å². The highest BCUT2D eigenvalue weighted by Gasteiger charge is 2.69. The van der Waals surface area contributed by atoms with E-state index in [1.165, 1.54) is 19.3 Å². The SMILES string of the molecule is CC1CCC2CC23CCC(C2(C)CC2)CC13C. The molecule has 0 amide bonds. The van der Waals surface area contributed by atoms with Crippen molar-refractivity contribution in [1.29, 1.82) is 0 Å². The van der Waals surface area contributed by atoms with Gasteiger partial charge in [0.15, 0.2) is 0 Å². The van der Waals surface area contributed by atoms with E-state index in [4.69, 9.17) is 0 Å². The molecule has 0 heteroatoms. The maximum Gasteiger partial charge on any atom is -0.0209 e. The van der Waals surface area contributed by atoms with Gasteiger partial charge in [-0.25, -0.2) is 0 Å². The molecule has 0 aromatic carbocycles. The topological polar surface area (TPSA) is 0 Å². The molecular formula is C17H28. The van der Waals surface area contributed by atoms with Crippen LogP contribution in [0.15, 0.2) is 0 Å². The van der Waals surface area contributed by atoms with Gasteiger partial charge in [0.25, 0.3) is 0 Å². The summed E-state index contributed by atoms with van der Waals surface area (Å²) in [5, 5.41) is 0. The summed E-state index contributed by atoms with van der Waals surface area (Å²) in [6, 6.07) is 0. The van der Waals surface area contributed by atoms with Gasteiger partial charge in [-0.05, 0) is 85.4 Å². The molecule has 0 saturated heterocycles. The molecule has 5 atom stereocenters. The molecule has 0 N–H and O–H groups in total. The van der Waals surface area contributed by atoms with Crippen LogP contribution in [-0.4, -0.2) is 0 Å². The normalized spacial score (nSPS) is 59.1. The number of hydrogen-bond acceptors (Lipinski definition) is 0. The molecule has 5 unspecified atom stereocenters. The molecule has 1 spiro atoms. The van der Waals surface area contributed by atoms with Crippen LogP contribution >= 0.6 is 0 Å². The van der Waals surface area contributed by atoms with E-state index in [9.17, 15) is 0 Å². The van der Waals surface area contributed by atoms with Gasteiger partial charge in [-0.1, -0.05) is 20.8 Å². The fourth-order valence-electron chi connectivity index (χ4n) is 5.96. The Bertz CT molecular complexity index is 353. The van der Waals surface area contributed by atoms with Crippen LogP contribution in [0.2, 0.25) is 0 Å². The van der Waals surface area contributed by atoms with Crippen molar-refractivity contribution in [1.82, 2.24) is 0 Å². The quantitative estimate of drug-likeness (QED) is 0.595. The summed E-state index contributed by atoms with van der Waals surface area (Å²) < 4.78 is 0. The Labute approximate surface area is 107 Å². The predicted octanol–water partition coefficient (Wildman–Crippen LogP) is 5.03. The molecule has 96 valence electrons. The molecule has 17 heavy (non-hydrogen) atoms. The zero-order valence-corrected chi connectivity index (χ0v) is 11.9. The third-order valence-electron chi connectivity index (χ3n) is 8.04. The largest absolute Gasteiger partial charge is 0.0620 e. The summed E-state index contributed by atoms with van der Waals surface area (Å²) in [5.41, 5.74) is 2.31. The van der Waals surface area contributed by atoms with Crippen LogP contribution in [0.3, 0.4) is 0 Å². The van der Waals surface area contributed by atoms with Crippen molar-refractivity contribution in [2.45, 2.75) is 72.1 Å². The second-order valence-corrected chi connectivity index (χ2v) is 8.55. The van der Waals surface area contributed by atoms with Crippen LogP contribution in [-0.2, 0) is 0 Å². The number of hydrogen-bond donors (Lipinski definition) is 0. The van der Waals surface area contributed by atoms with Crippen LogP contribution in [0, 0.1) is 34.0 Å². The first-order valence-electron chi connectivity index (χ1n) is 8.00. The first-order valence-corrected chi connectivity index (χ1v) is 8.00. The number of rotatable bonds is 1. The van der Waals surface area contributed by atoms with Gasteiger partial charge in [0.1, 0.15) is 0 Å². The lowest BCUT2D eigenvalue weighted by atomic mass is 9.51. The summed E-state index contributed by atoms with van der Waals surface area (Å²) in [7, 11) is 0. The van der Waals surface area contributed by atoms with Crippen molar-refractivity contribution >= 4 is 0 Å². The van der Waals surface area contributed by atoms with Gasteiger partial charge < -0.3 is 0 Å². The molecule has 0 radical (unpaired) electrons. The van der Waals surface area contributed by atoms with E-state index in [1.807, 2.05) is 0 Å². The van der Waals surface area contributed by atoms with Crippen LogP contribution in [0.25, 0.3) is 0 Å². The first kappa shape index (κ1) is 10.9. The minimum Gasteiger partial charge on any atom is -0.0620 e. The molecule has 0 aromatic rings. The highest BCUT2D eigenvalue weighted by Crippen LogP contribution is 2.78. The van der Waals surface area contributed by atoms with E-state index in [2.05, 4.69) is 20.8 Å². The summed E-state index contributed by atoms with van der Waals surface area (Å²) in [6.45, 7) is 7.81. The first-order chi connectivity index (χ1) is 8.00. The van der Waals surface area contributed by atoms with Crippen molar-refractivity contribution in [3.63, 3.8) is 0 Å². The lowest BCUT2D eigenvalue weighted by molar-refractivity contribution is -0.0461. The second-order valence-electron chi connectivity index (χ2n) is 8.55. The van der Waals surface area contributed by atoms with E-state index in [0.717, 1.165) is 28.6 Å². The molecule has 4 rings (SSSR count). The van der Waals surface area contributed by atoms with Crippen LogP contribution in [0.1, 0.15) is 72.1 Å². The predicted molar refractivity (Wildman–Crippen MR) is 71.7 cm³/mol. The molecule has 4 fully saturated rings. The zero-order valence-electron chi connectivity index (χ0n) is 11.9. The summed E-state index contributed by atoms with van der Waals surface area (Å²) in [5.74, 6) is 3.20. The van der Waals surface area contributed by atoms with Crippen molar-refractivity contribution in [3.8, 4) is 0 Å². The van der Waals surface area contributed by atoms with E-state index in [-0.39, 0.29) is 0 Å². The van der Waals surface area contributed by atoms with Gasteiger partial charge in [-0.2, -0.15) is 0 Å². The van der Waals surface area contributed by atoms with Gasteiger partial charge >= 0.3 is 0 Å². The van der Waals surface area contributed by atoms with Gasteiger partial charge in [0.05, 0.1) is 0 Å². The fraction of sp³-hybridized carbons (Fsp3) is 1.00. The maximum atomic E-state index is 2.68. The van der Waals surface area contributed by atoms with Gasteiger partial charge in [-0.15, -0.1) is 0 Å². The van der Waals surface area contributed by atoms with Gasteiger partial charge in [0.2, 0.25) is 0 Å². The summed E-state index contributed by atoms with van der Waals surface area (Å²) in [4.78, 5) is 0. The molecule has 0 nitrogen and oxygen atoms in total. The Kier molecular flexibility index (Phi) is 1.88. The average molecular weight is 232 g/mol. The minimum atomic E-state index is 0.713. The Balaban J connectivity index is 1.64. The van der Waals surface area contributed by atoms with E-state index < -0.39 is 0 Å². The van der Waals surface area contributed by atoms with E-state index in [0.29, 0.717) is 5.41 Å². The Hall–Kier alpha value is 0. The summed E-state index contributed by atoms with van der Waals surface area (Å²) in [6.07, 6.45) is 12.4. The highest BCUT2D eigenvalue weighted by atomic mass is 14.7. The summed E-state index contributed by atoms with van der Waals surface area (Å²) >= 11 is 0. The standard InChI is InChI=1S/C17H28/c1-12-4-5-14-11-17(14)7-6-13(10-16(12,17)3)15(2)8-9-15/h12-14H,4-11H2,1-3H3. The van der Waals surface area contributed by atoms with E-state index in [1.54, 1.807) is 32.1 Å². The molecule has 0 heterocycles. The third-order valence-corrected chi connectivity index (χ3v) is 8.04. The Morgan fingerprint density at radius 1 is 0.824 bits per heavy atom. The molecule has 0 bridgehead atoms. The molecule has 4 saturated carbocycles.